The molecule has 0 bridgehead atoms. The zero-order valence-corrected chi connectivity index (χ0v) is 5.75. The van der Waals surface area contributed by atoms with Crippen LogP contribution in [0.1, 0.15) is 20.8 Å². The minimum Gasteiger partial charge on any atom is -0.322 e. The van der Waals surface area contributed by atoms with E-state index in [9.17, 15) is 22.0 Å². The molecule has 0 saturated heterocycles. The van der Waals surface area contributed by atoms with E-state index in [0.717, 1.165) is 0 Å². The highest BCUT2D eigenvalue weighted by atomic mass is 19.4. The second-order valence-electron chi connectivity index (χ2n) is 2.14. The van der Waals surface area contributed by atoms with E-state index in [1.165, 1.54) is 6.92 Å². The Kier molecular flexibility index (Phi) is 4.74. The summed E-state index contributed by atoms with van der Waals surface area (Å²) >= 11 is 0. The molecule has 0 amide bonds. The molecule has 76 valence electrons. The van der Waals surface area contributed by atoms with Gasteiger partial charge in [-0.25, -0.2) is 0 Å². The van der Waals surface area contributed by atoms with Crippen LogP contribution in [0.4, 0.5) is 22.0 Å². The summed E-state index contributed by atoms with van der Waals surface area (Å²) in [6, 6.07) is -2.15. The minimum absolute atomic E-state index is 0. The van der Waals surface area contributed by atoms with E-state index in [4.69, 9.17) is 0 Å². The van der Waals surface area contributed by atoms with Crippen molar-refractivity contribution in [3.8, 4) is 0 Å². The molecule has 2 N–H and O–H groups in total. The van der Waals surface area contributed by atoms with Gasteiger partial charge in [0.15, 0.2) is 0 Å². The molecule has 0 spiro atoms. The SMILES string of the molecule is C.CCC(N)C(F)(F)C(F)(F)F. The summed E-state index contributed by atoms with van der Waals surface area (Å²) in [7, 11) is 0. The van der Waals surface area contributed by atoms with E-state index >= 15 is 0 Å². The van der Waals surface area contributed by atoms with E-state index in [2.05, 4.69) is 5.73 Å². The van der Waals surface area contributed by atoms with Crippen LogP contribution in [-0.4, -0.2) is 18.1 Å². The molecular formula is C6H12F5N. The zero-order chi connectivity index (χ0) is 9.28. The van der Waals surface area contributed by atoms with Crippen LogP contribution in [0.5, 0.6) is 0 Å². The minimum atomic E-state index is -5.54. The monoisotopic (exact) mass is 193 g/mol. The first kappa shape index (κ1) is 14.2. The van der Waals surface area contributed by atoms with Crippen LogP contribution in [0, 0.1) is 0 Å². The first-order chi connectivity index (χ1) is 4.73. The van der Waals surface area contributed by atoms with Crippen molar-refractivity contribution in [2.24, 2.45) is 5.73 Å². The first-order valence-electron chi connectivity index (χ1n) is 2.93. The molecule has 0 aromatic rings. The van der Waals surface area contributed by atoms with Gasteiger partial charge in [-0.1, -0.05) is 14.4 Å². The molecule has 0 aromatic carbocycles. The Hall–Kier alpha value is -0.390. The van der Waals surface area contributed by atoms with E-state index in [0.29, 0.717) is 0 Å². The van der Waals surface area contributed by atoms with Gasteiger partial charge in [-0.2, -0.15) is 22.0 Å². The van der Waals surface area contributed by atoms with Crippen LogP contribution in [0.3, 0.4) is 0 Å². The van der Waals surface area contributed by atoms with Gasteiger partial charge < -0.3 is 5.73 Å². The quantitative estimate of drug-likeness (QED) is 0.670. The molecule has 0 heterocycles. The van der Waals surface area contributed by atoms with Crippen molar-refractivity contribution in [2.45, 2.75) is 38.9 Å². The maximum atomic E-state index is 12.1. The third-order valence-corrected chi connectivity index (χ3v) is 1.28. The topological polar surface area (TPSA) is 26.0 Å². The lowest BCUT2D eigenvalue weighted by molar-refractivity contribution is -0.289. The maximum absolute atomic E-state index is 12.1. The van der Waals surface area contributed by atoms with Crippen LogP contribution in [0.15, 0.2) is 0 Å². The largest absolute Gasteiger partial charge is 0.454 e. The Bertz CT molecular complexity index is 130. The van der Waals surface area contributed by atoms with Crippen molar-refractivity contribution in [3.63, 3.8) is 0 Å². The van der Waals surface area contributed by atoms with Gasteiger partial charge >= 0.3 is 12.1 Å². The first-order valence-corrected chi connectivity index (χ1v) is 2.93. The molecule has 1 unspecified atom stereocenters. The van der Waals surface area contributed by atoms with Crippen LogP contribution < -0.4 is 5.73 Å². The van der Waals surface area contributed by atoms with Crippen LogP contribution in [0.2, 0.25) is 0 Å². The van der Waals surface area contributed by atoms with Crippen molar-refractivity contribution < 1.29 is 22.0 Å². The Labute approximate surface area is 67.7 Å². The second-order valence-corrected chi connectivity index (χ2v) is 2.14. The van der Waals surface area contributed by atoms with Crippen molar-refractivity contribution in [1.29, 1.82) is 0 Å². The van der Waals surface area contributed by atoms with Crippen LogP contribution in [0.25, 0.3) is 0 Å². The summed E-state index contributed by atoms with van der Waals surface area (Å²) in [6.07, 6.45) is -5.95. The lowest BCUT2D eigenvalue weighted by Crippen LogP contribution is -2.51. The van der Waals surface area contributed by atoms with Crippen LogP contribution in [-0.2, 0) is 0 Å². The molecule has 0 aliphatic rings. The summed E-state index contributed by atoms with van der Waals surface area (Å²) < 4.78 is 58.5. The summed E-state index contributed by atoms with van der Waals surface area (Å²) in [5.74, 6) is -4.78. The Morgan fingerprint density at radius 3 is 1.58 bits per heavy atom. The van der Waals surface area contributed by atoms with Gasteiger partial charge in [-0.15, -0.1) is 0 Å². The fourth-order valence-corrected chi connectivity index (χ4v) is 0.467. The van der Waals surface area contributed by atoms with E-state index in [1.54, 1.807) is 0 Å². The predicted molar refractivity (Wildman–Crippen MR) is 36.0 cm³/mol. The summed E-state index contributed by atoms with van der Waals surface area (Å²) in [5.41, 5.74) is 4.57. The normalized spacial score (nSPS) is 15.2. The standard InChI is InChI=1S/C5H8F5N.CH4/c1-2-3(11)4(6,7)5(8,9)10;/h3H,2,11H2,1H3;1H4. The van der Waals surface area contributed by atoms with Crippen molar-refractivity contribution in [1.82, 2.24) is 0 Å². The van der Waals surface area contributed by atoms with Crippen molar-refractivity contribution in [3.05, 3.63) is 0 Å². The second kappa shape index (κ2) is 4.02. The third kappa shape index (κ3) is 2.58. The summed E-state index contributed by atoms with van der Waals surface area (Å²) in [4.78, 5) is 0. The molecular weight excluding hydrogens is 181 g/mol. The molecule has 12 heavy (non-hydrogen) atoms. The Morgan fingerprint density at radius 2 is 1.50 bits per heavy atom. The number of nitrogens with two attached hydrogens (primary N) is 1. The molecule has 0 aromatic heterocycles. The van der Waals surface area contributed by atoms with Crippen molar-refractivity contribution in [2.75, 3.05) is 0 Å². The third-order valence-electron chi connectivity index (χ3n) is 1.28. The number of hydrogen-bond acceptors (Lipinski definition) is 1. The number of alkyl halides is 5. The van der Waals surface area contributed by atoms with E-state index in [1.807, 2.05) is 0 Å². The lowest BCUT2D eigenvalue weighted by Gasteiger charge is -2.24. The Morgan fingerprint density at radius 1 is 1.17 bits per heavy atom. The number of rotatable bonds is 2. The number of halogens is 5. The van der Waals surface area contributed by atoms with Gasteiger partial charge in [-0.05, 0) is 6.42 Å². The molecule has 1 nitrogen and oxygen atoms in total. The van der Waals surface area contributed by atoms with Gasteiger partial charge in [-0.3, -0.25) is 0 Å². The maximum Gasteiger partial charge on any atom is 0.454 e. The Balaban J connectivity index is 0. The molecule has 1 atom stereocenters. The molecule has 0 saturated carbocycles. The number of hydrogen-bond donors (Lipinski definition) is 1. The fourth-order valence-electron chi connectivity index (χ4n) is 0.467. The smallest absolute Gasteiger partial charge is 0.322 e. The molecule has 6 heteroatoms. The fraction of sp³-hybridized carbons (Fsp3) is 1.00. The van der Waals surface area contributed by atoms with Crippen molar-refractivity contribution >= 4 is 0 Å². The molecule has 0 aliphatic carbocycles. The lowest BCUT2D eigenvalue weighted by atomic mass is 10.1. The van der Waals surface area contributed by atoms with Gasteiger partial charge in [0, 0.05) is 0 Å². The predicted octanol–water partition coefficient (Wildman–Crippen LogP) is 2.56. The van der Waals surface area contributed by atoms with E-state index in [-0.39, 0.29) is 7.43 Å². The van der Waals surface area contributed by atoms with Gasteiger partial charge in [0.1, 0.15) is 0 Å². The van der Waals surface area contributed by atoms with E-state index < -0.39 is 24.6 Å². The highest BCUT2D eigenvalue weighted by Crippen LogP contribution is 2.37. The van der Waals surface area contributed by atoms with Crippen LogP contribution >= 0.6 is 0 Å². The molecule has 0 fully saturated rings. The average molecular weight is 193 g/mol. The van der Waals surface area contributed by atoms with Gasteiger partial charge in [0.25, 0.3) is 0 Å². The van der Waals surface area contributed by atoms with Gasteiger partial charge in [0.05, 0.1) is 6.04 Å². The molecule has 0 aliphatic heterocycles. The highest BCUT2D eigenvalue weighted by Gasteiger charge is 2.60. The molecule has 0 rings (SSSR count). The highest BCUT2D eigenvalue weighted by molar-refractivity contribution is 4.85. The summed E-state index contributed by atoms with van der Waals surface area (Å²) in [6.45, 7) is 1.17. The molecule has 0 radical (unpaired) electrons. The zero-order valence-electron chi connectivity index (χ0n) is 5.75. The van der Waals surface area contributed by atoms with Gasteiger partial charge in [0.2, 0.25) is 0 Å². The average Bonchev–Trinajstić information content (AvgIpc) is 1.83. The summed E-state index contributed by atoms with van der Waals surface area (Å²) in [5, 5.41) is 0.